The molecule has 2 heteroatoms. The van der Waals surface area contributed by atoms with Crippen molar-refractivity contribution < 1.29 is 5.48 Å². The largest absolute Gasteiger partial charge is 0.328 e. The van der Waals surface area contributed by atoms with E-state index in [9.17, 15) is 0 Å². The van der Waals surface area contributed by atoms with E-state index in [2.05, 4.69) is 18.7 Å². The van der Waals surface area contributed by atoms with Crippen molar-refractivity contribution in [2.45, 2.75) is 39.6 Å². The fourth-order valence-corrected chi connectivity index (χ4v) is 1.03. The molecule has 1 unspecified atom stereocenters. The van der Waals surface area contributed by atoms with Crippen LogP contribution in [0, 0.1) is 0 Å². The monoisotopic (exact) mass is 162 g/mol. The van der Waals surface area contributed by atoms with E-state index in [-0.39, 0.29) is 6.42 Å². The van der Waals surface area contributed by atoms with E-state index in [1.165, 1.54) is 0 Å². The first-order valence-corrected chi connectivity index (χ1v) is 4.26. The van der Waals surface area contributed by atoms with E-state index < -0.39 is 12.9 Å². The Bertz CT molecular complexity index is 175. The van der Waals surface area contributed by atoms with Crippen LogP contribution in [0.4, 0.5) is 0 Å². The number of nitrogens with zero attached hydrogens (tertiary/aromatic N) is 1. The van der Waals surface area contributed by atoms with Crippen LogP contribution in [-0.2, 0) is 0 Å². The van der Waals surface area contributed by atoms with Crippen molar-refractivity contribution >= 4 is 0 Å². The van der Waals surface area contributed by atoms with Crippen molar-refractivity contribution in [1.29, 1.82) is 0 Å². The molecule has 11 heavy (non-hydrogen) atoms. The Morgan fingerprint density at radius 3 is 2.64 bits per heavy atom. The van der Waals surface area contributed by atoms with Gasteiger partial charge in [-0.25, -0.2) is 0 Å². The summed E-state index contributed by atoms with van der Waals surface area (Å²) < 4.78 is 28.9. The molecule has 0 aromatic heterocycles. The van der Waals surface area contributed by atoms with Crippen LogP contribution < -0.4 is 5.73 Å². The third-order valence-electron chi connectivity index (χ3n) is 1.81. The van der Waals surface area contributed by atoms with Crippen molar-refractivity contribution in [1.82, 2.24) is 4.90 Å². The zero-order valence-corrected chi connectivity index (χ0v) is 7.56. The zero-order valence-electron chi connectivity index (χ0n) is 11.6. The molecular weight excluding hydrogens is 136 g/mol. The standard InChI is InChI=1S/C9H22N2/c1-4-11(5-2)8-6-7-9(3)10/h9H,4-8,10H2,1-3H3/i3D3,9D. The molecule has 0 aromatic rings. The summed E-state index contributed by atoms with van der Waals surface area (Å²) in [7, 11) is 0. The maximum atomic E-state index is 7.53. The Hall–Kier alpha value is -0.0800. The second kappa shape index (κ2) is 6.62. The molecule has 0 aromatic carbocycles. The summed E-state index contributed by atoms with van der Waals surface area (Å²) >= 11 is 0. The van der Waals surface area contributed by atoms with Gasteiger partial charge in [0.2, 0.25) is 0 Å². The fourth-order valence-electron chi connectivity index (χ4n) is 1.03. The minimum absolute atomic E-state index is 0.208. The molecule has 2 nitrogen and oxygen atoms in total. The zero-order chi connectivity index (χ0) is 12.1. The van der Waals surface area contributed by atoms with Gasteiger partial charge < -0.3 is 10.6 Å². The molecule has 0 fully saturated rings. The molecule has 1 atom stereocenters. The molecule has 0 rings (SSSR count). The van der Waals surface area contributed by atoms with Gasteiger partial charge in [0.1, 0.15) is 0 Å². The summed E-state index contributed by atoms with van der Waals surface area (Å²) in [6.07, 6.45) is 0.861. The summed E-state index contributed by atoms with van der Waals surface area (Å²) in [6.45, 7) is 4.42. The van der Waals surface area contributed by atoms with Gasteiger partial charge in [0.05, 0.1) is 0 Å². The maximum absolute atomic E-state index is 7.53. The minimum Gasteiger partial charge on any atom is -0.328 e. The highest BCUT2D eigenvalue weighted by Crippen LogP contribution is 1.96. The Morgan fingerprint density at radius 2 is 2.18 bits per heavy atom. The smallest absolute Gasteiger partial charge is 0.0460 e. The van der Waals surface area contributed by atoms with Gasteiger partial charge in [-0.2, -0.15) is 0 Å². The van der Waals surface area contributed by atoms with Crippen molar-refractivity contribution in [3.8, 4) is 0 Å². The number of rotatable bonds is 6. The number of hydrogen-bond acceptors (Lipinski definition) is 2. The Balaban J connectivity index is 3.95. The lowest BCUT2D eigenvalue weighted by molar-refractivity contribution is 0.294. The van der Waals surface area contributed by atoms with Gasteiger partial charge in [-0.1, -0.05) is 13.8 Å². The molecule has 2 N–H and O–H groups in total. The van der Waals surface area contributed by atoms with Crippen molar-refractivity contribution in [3.05, 3.63) is 0 Å². The van der Waals surface area contributed by atoms with E-state index in [4.69, 9.17) is 11.2 Å². The average molecular weight is 162 g/mol. The lowest BCUT2D eigenvalue weighted by Gasteiger charge is -2.17. The second-order valence-electron chi connectivity index (χ2n) is 2.66. The first kappa shape index (κ1) is 5.55. The third-order valence-corrected chi connectivity index (χ3v) is 1.81. The highest BCUT2D eigenvalue weighted by atomic mass is 15.1. The molecular formula is C9H22N2. The summed E-state index contributed by atoms with van der Waals surface area (Å²) in [5, 5.41) is 0. The first-order valence-electron chi connectivity index (χ1n) is 6.26. The SMILES string of the molecule is [2H]C([2H])([2H])C([2H])(N)CCCN(CC)CC. The van der Waals surface area contributed by atoms with Gasteiger partial charge in [0.15, 0.2) is 0 Å². The van der Waals surface area contributed by atoms with Crippen LogP contribution in [0.1, 0.15) is 39.0 Å². The fraction of sp³-hybridized carbons (Fsp3) is 1.00. The van der Waals surface area contributed by atoms with Gasteiger partial charge in [-0.05, 0) is 39.3 Å². The van der Waals surface area contributed by atoms with Gasteiger partial charge >= 0.3 is 0 Å². The lowest BCUT2D eigenvalue weighted by atomic mass is 10.2. The maximum Gasteiger partial charge on any atom is 0.0460 e. The van der Waals surface area contributed by atoms with Crippen LogP contribution in [0.15, 0.2) is 0 Å². The van der Waals surface area contributed by atoms with E-state index >= 15 is 0 Å². The molecule has 0 spiro atoms. The predicted molar refractivity (Wildman–Crippen MR) is 50.7 cm³/mol. The predicted octanol–water partition coefficient (Wildman–Crippen LogP) is 1.46. The minimum atomic E-state index is -2.39. The lowest BCUT2D eigenvalue weighted by Crippen LogP contribution is -2.25. The second-order valence-corrected chi connectivity index (χ2v) is 2.66. The topological polar surface area (TPSA) is 29.3 Å². The normalized spacial score (nSPS) is 23.3. The summed E-state index contributed by atoms with van der Waals surface area (Å²) in [5.41, 5.74) is 5.45. The van der Waals surface area contributed by atoms with Crippen molar-refractivity contribution in [3.63, 3.8) is 0 Å². The van der Waals surface area contributed by atoms with Crippen LogP contribution in [0.5, 0.6) is 0 Å². The summed E-state index contributed by atoms with van der Waals surface area (Å²) in [5.74, 6) is 0. The Morgan fingerprint density at radius 1 is 1.55 bits per heavy atom. The van der Waals surface area contributed by atoms with Crippen LogP contribution in [0.25, 0.3) is 0 Å². The van der Waals surface area contributed by atoms with Crippen molar-refractivity contribution in [2.24, 2.45) is 5.73 Å². The van der Waals surface area contributed by atoms with E-state index in [1.807, 2.05) is 0 Å². The van der Waals surface area contributed by atoms with Gasteiger partial charge in [-0.15, -0.1) is 0 Å². The van der Waals surface area contributed by atoms with Crippen molar-refractivity contribution in [2.75, 3.05) is 19.6 Å². The highest BCUT2D eigenvalue weighted by Gasteiger charge is 1.99. The summed E-state index contributed by atoms with van der Waals surface area (Å²) in [4.78, 5) is 2.19. The highest BCUT2D eigenvalue weighted by molar-refractivity contribution is 4.57. The summed E-state index contributed by atoms with van der Waals surface area (Å²) in [6, 6.07) is -1.81. The molecule has 0 heterocycles. The van der Waals surface area contributed by atoms with Crippen LogP contribution in [0.3, 0.4) is 0 Å². The van der Waals surface area contributed by atoms with E-state index in [0.717, 1.165) is 19.6 Å². The molecule has 0 saturated carbocycles. The van der Waals surface area contributed by atoms with Crippen LogP contribution in [0.2, 0.25) is 0 Å². The van der Waals surface area contributed by atoms with Gasteiger partial charge in [0, 0.05) is 11.5 Å². The number of hydrogen-bond donors (Lipinski definition) is 1. The average Bonchev–Trinajstić information content (AvgIpc) is 2.10. The molecule has 0 aliphatic rings. The molecule has 0 bridgehead atoms. The molecule has 0 aliphatic heterocycles. The van der Waals surface area contributed by atoms with Crippen LogP contribution >= 0.6 is 0 Å². The van der Waals surface area contributed by atoms with E-state index in [0.29, 0.717) is 6.42 Å². The molecule has 0 aliphatic carbocycles. The van der Waals surface area contributed by atoms with E-state index in [1.54, 1.807) is 0 Å². The third kappa shape index (κ3) is 6.32. The molecule has 0 saturated heterocycles. The Labute approximate surface area is 76.4 Å². The molecule has 0 radical (unpaired) electrons. The first-order chi connectivity index (χ1) is 6.74. The van der Waals surface area contributed by atoms with Gasteiger partial charge in [-0.3, -0.25) is 0 Å². The quantitative estimate of drug-likeness (QED) is 0.640. The Kier molecular flexibility index (Phi) is 3.34. The molecule has 68 valence electrons. The van der Waals surface area contributed by atoms with Crippen LogP contribution in [-0.4, -0.2) is 30.6 Å². The van der Waals surface area contributed by atoms with Gasteiger partial charge in [0.25, 0.3) is 0 Å². The number of nitrogens with two attached hydrogens (primary N) is 1. The molecule has 0 amide bonds.